The van der Waals surface area contributed by atoms with Crippen LogP contribution in [0, 0.1) is 5.82 Å². The molecule has 4 nitrogen and oxygen atoms in total. The van der Waals surface area contributed by atoms with E-state index in [9.17, 15) is 9.18 Å². The van der Waals surface area contributed by atoms with Gasteiger partial charge in [-0.2, -0.15) is 0 Å². The van der Waals surface area contributed by atoms with Crippen molar-refractivity contribution in [2.24, 2.45) is 0 Å². The summed E-state index contributed by atoms with van der Waals surface area (Å²) in [7, 11) is 0. The molecule has 1 aromatic carbocycles. The Bertz CT molecular complexity index is 484. The summed E-state index contributed by atoms with van der Waals surface area (Å²) in [5, 5.41) is 6.09. The fourth-order valence-electron chi connectivity index (χ4n) is 2.68. The molecular weight excluding hydrogens is 257 g/mol. The number of benzene rings is 1. The summed E-state index contributed by atoms with van der Waals surface area (Å²) in [4.78, 5) is 14.2. The Balaban J connectivity index is 1.64. The Morgan fingerprint density at radius 3 is 2.80 bits per heavy atom. The molecule has 5 heteroatoms. The molecule has 1 heterocycles. The number of hydrogen-bond donors (Lipinski definition) is 2. The number of amides is 2. The van der Waals surface area contributed by atoms with E-state index in [1.165, 1.54) is 6.07 Å². The minimum atomic E-state index is -0.393. The van der Waals surface area contributed by atoms with E-state index < -0.39 is 5.82 Å². The van der Waals surface area contributed by atoms with Crippen LogP contribution in [0.5, 0.6) is 0 Å². The molecule has 1 aliphatic carbocycles. The van der Waals surface area contributed by atoms with Gasteiger partial charge in [0, 0.05) is 18.6 Å². The molecule has 2 aliphatic rings. The number of para-hydroxylation sites is 1. The largest absolute Gasteiger partial charge is 0.322 e. The summed E-state index contributed by atoms with van der Waals surface area (Å²) in [6, 6.07) is 6.80. The number of halogens is 1. The topological polar surface area (TPSA) is 44.4 Å². The van der Waals surface area contributed by atoms with Crippen LogP contribution in [0.15, 0.2) is 24.3 Å². The number of carbonyl (C=O) groups excluding carboxylic acids is 1. The van der Waals surface area contributed by atoms with Crippen LogP contribution in [0.3, 0.4) is 0 Å². The third kappa shape index (κ3) is 3.10. The van der Waals surface area contributed by atoms with Gasteiger partial charge in [0.1, 0.15) is 5.82 Å². The van der Waals surface area contributed by atoms with Gasteiger partial charge in [-0.05, 0) is 44.4 Å². The van der Waals surface area contributed by atoms with Gasteiger partial charge < -0.3 is 15.5 Å². The molecule has 0 bridgehead atoms. The van der Waals surface area contributed by atoms with Gasteiger partial charge in [0.25, 0.3) is 0 Å². The van der Waals surface area contributed by atoms with E-state index in [2.05, 4.69) is 10.6 Å². The zero-order valence-corrected chi connectivity index (χ0v) is 11.4. The summed E-state index contributed by atoms with van der Waals surface area (Å²) in [5.41, 5.74) is 0.252. The fraction of sp³-hybridized carbons (Fsp3) is 0.533. The Morgan fingerprint density at radius 2 is 2.15 bits per heavy atom. The smallest absolute Gasteiger partial charge is 0.320 e. The second-order valence-corrected chi connectivity index (χ2v) is 5.59. The summed E-state index contributed by atoms with van der Waals surface area (Å²) in [6.45, 7) is 1.74. The van der Waals surface area contributed by atoms with Crippen molar-refractivity contribution in [3.63, 3.8) is 0 Å². The Kier molecular flexibility index (Phi) is 3.87. The molecule has 0 radical (unpaired) electrons. The van der Waals surface area contributed by atoms with Crippen LogP contribution in [0.2, 0.25) is 0 Å². The average molecular weight is 277 g/mol. The lowest BCUT2D eigenvalue weighted by molar-refractivity contribution is 0.203. The van der Waals surface area contributed by atoms with E-state index in [0.717, 1.165) is 32.2 Å². The average Bonchev–Trinajstić information content (AvgIpc) is 3.15. The first-order valence-corrected chi connectivity index (χ1v) is 7.29. The highest BCUT2D eigenvalue weighted by atomic mass is 19.1. The van der Waals surface area contributed by atoms with Gasteiger partial charge in [-0.1, -0.05) is 12.1 Å². The van der Waals surface area contributed by atoms with Crippen LogP contribution < -0.4 is 10.6 Å². The molecule has 108 valence electrons. The van der Waals surface area contributed by atoms with Crippen molar-refractivity contribution in [2.75, 3.05) is 18.4 Å². The van der Waals surface area contributed by atoms with Gasteiger partial charge in [-0.15, -0.1) is 0 Å². The van der Waals surface area contributed by atoms with Crippen molar-refractivity contribution in [1.82, 2.24) is 10.2 Å². The van der Waals surface area contributed by atoms with Crippen LogP contribution in [-0.4, -0.2) is 36.1 Å². The van der Waals surface area contributed by atoms with E-state index in [1.807, 2.05) is 4.90 Å². The molecule has 1 saturated carbocycles. The number of rotatable bonds is 4. The van der Waals surface area contributed by atoms with Crippen molar-refractivity contribution in [1.29, 1.82) is 0 Å². The Labute approximate surface area is 118 Å². The summed E-state index contributed by atoms with van der Waals surface area (Å²) in [6.07, 6.45) is 4.38. The number of hydrogen-bond acceptors (Lipinski definition) is 2. The predicted octanol–water partition coefficient (Wildman–Crippen LogP) is 2.57. The summed E-state index contributed by atoms with van der Waals surface area (Å²) >= 11 is 0. The molecule has 3 rings (SSSR count). The minimum Gasteiger partial charge on any atom is -0.320 e. The highest BCUT2D eigenvalue weighted by Crippen LogP contribution is 2.28. The molecule has 1 aromatic rings. The summed E-state index contributed by atoms with van der Waals surface area (Å²) < 4.78 is 13.6. The lowest BCUT2D eigenvalue weighted by atomic mass is 10.2. The Morgan fingerprint density at radius 1 is 1.35 bits per heavy atom. The molecule has 1 unspecified atom stereocenters. The molecule has 1 saturated heterocycles. The van der Waals surface area contributed by atoms with E-state index in [4.69, 9.17) is 0 Å². The van der Waals surface area contributed by atoms with Crippen LogP contribution >= 0.6 is 0 Å². The molecule has 0 aromatic heterocycles. The molecule has 1 aliphatic heterocycles. The van der Waals surface area contributed by atoms with Gasteiger partial charge in [-0.25, -0.2) is 9.18 Å². The molecule has 0 spiro atoms. The third-order valence-corrected chi connectivity index (χ3v) is 3.94. The van der Waals surface area contributed by atoms with Crippen molar-refractivity contribution < 1.29 is 9.18 Å². The van der Waals surface area contributed by atoms with Crippen LogP contribution in [0.4, 0.5) is 14.9 Å². The number of anilines is 1. The van der Waals surface area contributed by atoms with Gasteiger partial charge in [0.15, 0.2) is 0 Å². The highest BCUT2D eigenvalue weighted by molar-refractivity contribution is 5.89. The summed E-state index contributed by atoms with van der Waals surface area (Å²) in [5.74, 6) is -0.393. The van der Waals surface area contributed by atoms with Crippen LogP contribution in [-0.2, 0) is 0 Å². The first-order chi connectivity index (χ1) is 9.74. The van der Waals surface area contributed by atoms with E-state index in [0.29, 0.717) is 18.6 Å². The van der Waals surface area contributed by atoms with Gasteiger partial charge >= 0.3 is 6.03 Å². The lowest BCUT2D eigenvalue weighted by Crippen LogP contribution is -2.44. The maximum absolute atomic E-state index is 13.6. The van der Waals surface area contributed by atoms with Crippen molar-refractivity contribution in [2.45, 2.75) is 37.8 Å². The van der Waals surface area contributed by atoms with Crippen molar-refractivity contribution >= 4 is 11.7 Å². The maximum atomic E-state index is 13.6. The normalized spacial score (nSPS) is 21.8. The van der Waals surface area contributed by atoms with Gasteiger partial charge in [0.2, 0.25) is 0 Å². The van der Waals surface area contributed by atoms with Gasteiger partial charge in [0.05, 0.1) is 5.69 Å². The lowest BCUT2D eigenvalue weighted by Gasteiger charge is -2.26. The van der Waals surface area contributed by atoms with E-state index in [-0.39, 0.29) is 11.7 Å². The second-order valence-electron chi connectivity index (χ2n) is 5.59. The molecule has 2 fully saturated rings. The van der Waals surface area contributed by atoms with E-state index >= 15 is 0 Å². The van der Waals surface area contributed by atoms with Crippen molar-refractivity contribution in [3.05, 3.63) is 30.1 Å². The second kappa shape index (κ2) is 5.79. The molecule has 2 N–H and O–H groups in total. The predicted molar refractivity (Wildman–Crippen MR) is 76.2 cm³/mol. The molecule has 20 heavy (non-hydrogen) atoms. The zero-order valence-electron chi connectivity index (χ0n) is 11.4. The number of carbonyl (C=O) groups is 1. The SMILES string of the molecule is O=C(Nc1ccccc1F)N(CC1CCCN1)C1CC1. The third-order valence-electron chi connectivity index (χ3n) is 3.94. The molecule has 1 atom stereocenters. The fourth-order valence-corrected chi connectivity index (χ4v) is 2.68. The van der Waals surface area contributed by atoms with Crippen LogP contribution in [0.25, 0.3) is 0 Å². The van der Waals surface area contributed by atoms with Gasteiger partial charge in [-0.3, -0.25) is 0 Å². The number of nitrogens with zero attached hydrogens (tertiary/aromatic N) is 1. The standard InChI is InChI=1S/C15H20FN3O/c16-13-5-1-2-6-14(13)18-15(20)19(12-7-8-12)10-11-4-3-9-17-11/h1-2,5-6,11-12,17H,3-4,7-10H2,(H,18,20). The van der Waals surface area contributed by atoms with Crippen molar-refractivity contribution in [3.8, 4) is 0 Å². The monoisotopic (exact) mass is 277 g/mol. The highest BCUT2D eigenvalue weighted by Gasteiger charge is 2.34. The number of urea groups is 1. The van der Waals surface area contributed by atoms with E-state index in [1.54, 1.807) is 18.2 Å². The molecular formula is C15H20FN3O. The molecule has 2 amide bonds. The Hall–Kier alpha value is -1.62. The maximum Gasteiger partial charge on any atom is 0.322 e. The first-order valence-electron chi connectivity index (χ1n) is 7.29. The minimum absolute atomic E-state index is 0.189. The quantitative estimate of drug-likeness (QED) is 0.888. The number of nitrogens with one attached hydrogen (secondary N) is 2. The zero-order chi connectivity index (χ0) is 13.9. The first kappa shape index (κ1) is 13.4. The van der Waals surface area contributed by atoms with Crippen LogP contribution in [0.1, 0.15) is 25.7 Å².